The summed E-state index contributed by atoms with van der Waals surface area (Å²) in [6.07, 6.45) is -0.603. The third-order valence-corrected chi connectivity index (χ3v) is 2.34. The van der Waals surface area contributed by atoms with Crippen molar-refractivity contribution in [2.45, 2.75) is 26.0 Å². The Hall–Kier alpha value is -1.10. The first-order valence-corrected chi connectivity index (χ1v) is 5.87. The molecule has 4 heteroatoms. The summed E-state index contributed by atoms with van der Waals surface area (Å²) in [6.45, 7) is 4.92. The maximum atomic E-state index is 9.55. The molecule has 4 nitrogen and oxygen atoms in total. The molecular formula is C13H21NO3. The highest BCUT2D eigenvalue weighted by Crippen LogP contribution is 2.17. The molecule has 0 saturated carbocycles. The molecule has 1 aromatic carbocycles. The van der Waals surface area contributed by atoms with E-state index >= 15 is 0 Å². The molecule has 0 heterocycles. The lowest BCUT2D eigenvalue weighted by molar-refractivity contribution is 0.0164. The summed E-state index contributed by atoms with van der Waals surface area (Å²) < 4.78 is 10.6. The number of nitrogens with two attached hydrogens (primary N) is 1. The Morgan fingerprint density at radius 1 is 1.35 bits per heavy atom. The highest BCUT2D eigenvalue weighted by molar-refractivity contribution is 5.30. The van der Waals surface area contributed by atoms with E-state index in [2.05, 4.69) is 0 Å². The summed E-state index contributed by atoms with van der Waals surface area (Å²) in [7, 11) is 0. The molecule has 0 aromatic heterocycles. The highest BCUT2D eigenvalue weighted by atomic mass is 16.5. The maximum Gasteiger partial charge on any atom is 0.119 e. The van der Waals surface area contributed by atoms with Crippen LogP contribution in [0.5, 0.6) is 5.75 Å². The van der Waals surface area contributed by atoms with E-state index in [4.69, 9.17) is 15.2 Å². The molecule has 0 spiro atoms. The number of benzene rings is 1. The van der Waals surface area contributed by atoms with Gasteiger partial charge in [-0.15, -0.1) is 0 Å². The number of aliphatic hydroxyl groups excluding tert-OH is 1. The van der Waals surface area contributed by atoms with Gasteiger partial charge in [0.15, 0.2) is 0 Å². The van der Waals surface area contributed by atoms with Gasteiger partial charge in [0.05, 0.1) is 6.61 Å². The van der Waals surface area contributed by atoms with E-state index in [0.717, 1.165) is 11.3 Å². The van der Waals surface area contributed by atoms with Crippen molar-refractivity contribution in [3.05, 3.63) is 29.8 Å². The van der Waals surface area contributed by atoms with Gasteiger partial charge in [0, 0.05) is 12.6 Å². The van der Waals surface area contributed by atoms with E-state index < -0.39 is 6.10 Å². The molecule has 96 valence electrons. The Morgan fingerprint density at radius 3 is 2.76 bits per heavy atom. The fourth-order valence-electron chi connectivity index (χ4n) is 1.38. The van der Waals surface area contributed by atoms with Crippen LogP contribution < -0.4 is 10.5 Å². The second-order valence-corrected chi connectivity index (χ2v) is 3.99. The van der Waals surface area contributed by atoms with E-state index in [1.54, 1.807) is 0 Å². The number of hydrogen-bond acceptors (Lipinski definition) is 4. The van der Waals surface area contributed by atoms with Crippen LogP contribution >= 0.6 is 0 Å². The molecule has 3 N–H and O–H groups in total. The van der Waals surface area contributed by atoms with E-state index in [1.165, 1.54) is 0 Å². The predicted octanol–water partition coefficient (Wildman–Crippen LogP) is 1.48. The van der Waals surface area contributed by atoms with Crippen LogP contribution in [0.2, 0.25) is 0 Å². The molecule has 1 aromatic rings. The van der Waals surface area contributed by atoms with Crippen LogP contribution in [0, 0.1) is 0 Å². The Balaban J connectivity index is 2.43. The van der Waals surface area contributed by atoms with Gasteiger partial charge in [0.25, 0.3) is 0 Å². The molecule has 0 aliphatic heterocycles. The first kappa shape index (κ1) is 14.0. The zero-order valence-electron chi connectivity index (χ0n) is 10.4. The average Bonchev–Trinajstić information content (AvgIpc) is 2.34. The maximum absolute atomic E-state index is 9.55. The van der Waals surface area contributed by atoms with Crippen LogP contribution in [0.25, 0.3) is 0 Å². The minimum atomic E-state index is -0.603. The largest absolute Gasteiger partial charge is 0.491 e. The summed E-state index contributed by atoms with van der Waals surface area (Å²) in [6, 6.07) is 7.56. The molecular weight excluding hydrogens is 218 g/mol. The second kappa shape index (κ2) is 7.27. The van der Waals surface area contributed by atoms with Crippen LogP contribution in [-0.2, 0) is 4.74 Å². The second-order valence-electron chi connectivity index (χ2n) is 3.99. The standard InChI is InChI=1S/C13H21NO3/c1-3-16-8-12(15)9-17-13-6-4-5-11(7-13)10(2)14/h4-7,10,12,15H,3,8-9,14H2,1-2H3/t10-,12?/m1/s1. The summed E-state index contributed by atoms with van der Waals surface area (Å²) in [4.78, 5) is 0. The van der Waals surface area contributed by atoms with Crippen LogP contribution in [0.15, 0.2) is 24.3 Å². The quantitative estimate of drug-likeness (QED) is 0.756. The van der Waals surface area contributed by atoms with Crippen molar-refractivity contribution < 1.29 is 14.6 Å². The molecule has 0 radical (unpaired) electrons. The third-order valence-electron chi connectivity index (χ3n) is 2.34. The molecule has 0 amide bonds. The molecule has 17 heavy (non-hydrogen) atoms. The minimum absolute atomic E-state index is 0.0214. The average molecular weight is 239 g/mol. The lowest BCUT2D eigenvalue weighted by Gasteiger charge is -2.13. The normalized spacial score (nSPS) is 14.4. The third kappa shape index (κ3) is 5.17. The predicted molar refractivity (Wildman–Crippen MR) is 67.0 cm³/mol. The molecule has 0 fully saturated rings. The molecule has 0 bridgehead atoms. The zero-order valence-corrected chi connectivity index (χ0v) is 10.4. The van der Waals surface area contributed by atoms with Crippen molar-refractivity contribution in [2.24, 2.45) is 5.73 Å². The van der Waals surface area contributed by atoms with Gasteiger partial charge in [-0.3, -0.25) is 0 Å². The first-order chi connectivity index (χ1) is 8.13. The van der Waals surface area contributed by atoms with Gasteiger partial charge in [0.2, 0.25) is 0 Å². The van der Waals surface area contributed by atoms with Crippen LogP contribution in [0.1, 0.15) is 25.5 Å². The van der Waals surface area contributed by atoms with E-state index in [1.807, 2.05) is 38.1 Å². The molecule has 0 aliphatic carbocycles. The van der Waals surface area contributed by atoms with E-state index in [9.17, 15) is 5.11 Å². The Morgan fingerprint density at radius 2 is 2.12 bits per heavy atom. The number of hydrogen-bond donors (Lipinski definition) is 2. The molecule has 0 aliphatic rings. The minimum Gasteiger partial charge on any atom is -0.491 e. The molecule has 2 atom stereocenters. The number of ether oxygens (including phenoxy) is 2. The number of aliphatic hydroxyl groups is 1. The fraction of sp³-hybridized carbons (Fsp3) is 0.538. The molecule has 0 saturated heterocycles. The van der Waals surface area contributed by atoms with Gasteiger partial charge in [-0.05, 0) is 31.5 Å². The summed E-state index contributed by atoms with van der Waals surface area (Å²) in [5, 5.41) is 9.55. The van der Waals surface area contributed by atoms with Gasteiger partial charge >= 0.3 is 0 Å². The monoisotopic (exact) mass is 239 g/mol. The van der Waals surface area contributed by atoms with Crippen LogP contribution in [0.3, 0.4) is 0 Å². The lowest BCUT2D eigenvalue weighted by atomic mass is 10.1. The Bertz CT molecular complexity index is 328. The lowest BCUT2D eigenvalue weighted by Crippen LogP contribution is -2.23. The Labute approximate surface area is 102 Å². The van der Waals surface area contributed by atoms with Crippen molar-refractivity contribution >= 4 is 0 Å². The van der Waals surface area contributed by atoms with Crippen molar-refractivity contribution in [2.75, 3.05) is 19.8 Å². The van der Waals surface area contributed by atoms with Gasteiger partial charge < -0.3 is 20.3 Å². The Kier molecular flexibility index (Phi) is 5.97. The summed E-state index contributed by atoms with van der Waals surface area (Å²) >= 11 is 0. The van der Waals surface area contributed by atoms with E-state index in [0.29, 0.717) is 13.2 Å². The van der Waals surface area contributed by atoms with Gasteiger partial charge in [-0.1, -0.05) is 12.1 Å². The first-order valence-electron chi connectivity index (χ1n) is 5.87. The van der Waals surface area contributed by atoms with Crippen LogP contribution in [0.4, 0.5) is 0 Å². The van der Waals surface area contributed by atoms with Crippen LogP contribution in [-0.4, -0.2) is 31.0 Å². The zero-order chi connectivity index (χ0) is 12.7. The SMILES string of the molecule is CCOCC(O)COc1cccc([C@@H](C)N)c1. The van der Waals surface area contributed by atoms with Crippen molar-refractivity contribution in [1.29, 1.82) is 0 Å². The summed E-state index contributed by atoms with van der Waals surface area (Å²) in [5.41, 5.74) is 6.79. The van der Waals surface area contributed by atoms with Gasteiger partial charge in [0.1, 0.15) is 18.5 Å². The fourth-order valence-corrected chi connectivity index (χ4v) is 1.38. The number of rotatable bonds is 7. The van der Waals surface area contributed by atoms with Gasteiger partial charge in [-0.25, -0.2) is 0 Å². The molecule has 1 rings (SSSR count). The smallest absolute Gasteiger partial charge is 0.119 e. The topological polar surface area (TPSA) is 64.7 Å². The van der Waals surface area contributed by atoms with Crippen molar-refractivity contribution in [3.8, 4) is 5.75 Å². The van der Waals surface area contributed by atoms with Gasteiger partial charge in [-0.2, -0.15) is 0 Å². The highest BCUT2D eigenvalue weighted by Gasteiger charge is 2.06. The van der Waals surface area contributed by atoms with E-state index in [-0.39, 0.29) is 12.6 Å². The van der Waals surface area contributed by atoms with Crippen molar-refractivity contribution in [3.63, 3.8) is 0 Å². The van der Waals surface area contributed by atoms with Crippen molar-refractivity contribution in [1.82, 2.24) is 0 Å². The molecule has 1 unspecified atom stereocenters. The summed E-state index contributed by atoms with van der Waals surface area (Å²) in [5.74, 6) is 0.718.